The predicted octanol–water partition coefficient (Wildman–Crippen LogP) is 1.90. The van der Waals surface area contributed by atoms with Crippen LogP contribution in [0, 0.1) is 9.49 Å². The van der Waals surface area contributed by atoms with Gasteiger partial charge in [0.25, 0.3) is 0 Å². The summed E-state index contributed by atoms with van der Waals surface area (Å²) in [4.78, 5) is 10.8. The molecule has 0 spiro atoms. The molecule has 86 valence electrons. The molecule has 0 aromatic heterocycles. The first-order valence-corrected chi connectivity index (χ1v) is 6.44. The van der Waals surface area contributed by atoms with Gasteiger partial charge in [0.1, 0.15) is 6.04 Å². The van der Waals surface area contributed by atoms with Gasteiger partial charge in [-0.2, -0.15) is 0 Å². The Labute approximate surface area is 108 Å². The molecule has 2 rings (SSSR count). The average Bonchev–Trinajstić information content (AvgIpc) is 2.70. The fraction of sp³-hybridized carbons (Fsp3) is 0.417. The average molecular weight is 331 g/mol. The van der Waals surface area contributed by atoms with Crippen LogP contribution in [0.25, 0.3) is 0 Å². The topological polar surface area (TPSA) is 49.3 Å². The molecule has 0 bridgehead atoms. The van der Waals surface area contributed by atoms with Gasteiger partial charge in [0.05, 0.1) is 0 Å². The normalized spacial score (nSPS) is 24.6. The molecule has 4 heteroatoms. The van der Waals surface area contributed by atoms with E-state index in [4.69, 9.17) is 5.11 Å². The van der Waals surface area contributed by atoms with Crippen LogP contribution in [0.2, 0.25) is 0 Å². The van der Waals surface area contributed by atoms with E-state index in [1.54, 1.807) is 0 Å². The Hall–Kier alpha value is -0.620. The van der Waals surface area contributed by atoms with E-state index < -0.39 is 5.97 Å². The minimum atomic E-state index is -0.731. The van der Waals surface area contributed by atoms with E-state index in [1.165, 1.54) is 9.13 Å². The van der Waals surface area contributed by atoms with Crippen molar-refractivity contribution >= 4 is 28.6 Å². The zero-order valence-electron chi connectivity index (χ0n) is 8.82. The third-order valence-electron chi connectivity index (χ3n) is 2.99. The van der Waals surface area contributed by atoms with Crippen molar-refractivity contribution in [2.75, 3.05) is 6.54 Å². The van der Waals surface area contributed by atoms with Crippen molar-refractivity contribution in [3.63, 3.8) is 0 Å². The van der Waals surface area contributed by atoms with E-state index in [0.717, 1.165) is 19.4 Å². The molecule has 0 aliphatic carbocycles. The Morgan fingerprint density at radius 1 is 1.50 bits per heavy atom. The highest BCUT2D eigenvalue weighted by molar-refractivity contribution is 14.1. The maximum atomic E-state index is 10.8. The number of hydrogen-bond acceptors (Lipinski definition) is 2. The lowest BCUT2D eigenvalue weighted by Crippen LogP contribution is -2.29. The Morgan fingerprint density at radius 3 is 2.88 bits per heavy atom. The van der Waals surface area contributed by atoms with E-state index in [-0.39, 0.29) is 6.04 Å². The smallest absolute Gasteiger partial charge is 0.320 e. The lowest BCUT2D eigenvalue weighted by molar-refractivity contribution is -0.139. The van der Waals surface area contributed by atoms with Crippen molar-refractivity contribution in [3.05, 3.63) is 33.4 Å². The Balaban J connectivity index is 1.97. The predicted molar refractivity (Wildman–Crippen MR) is 70.4 cm³/mol. The maximum absolute atomic E-state index is 10.8. The summed E-state index contributed by atoms with van der Waals surface area (Å²) in [5.74, 6) is -0.290. The molecule has 2 N–H and O–H groups in total. The number of nitrogens with one attached hydrogen (secondary N) is 1. The van der Waals surface area contributed by atoms with E-state index in [9.17, 15) is 4.79 Å². The first-order valence-electron chi connectivity index (χ1n) is 5.36. The first-order chi connectivity index (χ1) is 7.66. The minimum Gasteiger partial charge on any atom is -0.480 e. The van der Waals surface area contributed by atoms with Gasteiger partial charge in [0.15, 0.2) is 0 Å². The number of carboxylic acids is 1. The zero-order valence-corrected chi connectivity index (χ0v) is 11.0. The molecule has 3 nitrogen and oxygen atoms in total. The number of halogens is 1. The van der Waals surface area contributed by atoms with E-state index >= 15 is 0 Å². The quantitative estimate of drug-likeness (QED) is 0.832. The highest BCUT2D eigenvalue weighted by Gasteiger charge is 2.29. The highest BCUT2D eigenvalue weighted by Crippen LogP contribution is 2.22. The molecule has 1 aliphatic heterocycles. The number of hydrogen-bond donors (Lipinski definition) is 2. The first kappa shape index (κ1) is 11.9. The minimum absolute atomic E-state index is 0.355. The molecule has 1 fully saturated rings. The van der Waals surface area contributed by atoms with Crippen molar-refractivity contribution in [1.29, 1.82) is 0 Å². The van der Waals surface area contributed by atoms with Crippen LogP contribution in [-0.2, 0) is 11.2 Å². The van der Waals surface area contributed by atoms with Crippen LogP contribution in [0.1, 0.15) is 12.0 Å². The molecule has 1 aromatic carbocycles. The number of carboxylic acid groups (broad SMARTS) is 1. The van der Waals surface area contributed by atoms with Gasteiger partial charge in [-0.15, -0.1) is 0 Å². The second-order valence-corrected chi connectivity index (χ2v) is 5.36. The summed E-state index contributed by atoms with van der Waals surface area (Å²) in [6.07, 6.45) is 1.70. The molecular formula is C12H14INO2. The Bertz CT molecular complexity index is 394. The summed E-state index contributed by atoms with van der Waals surface area (Å²) < 4.78 is 1.26. The summed E-state index contributed by atoms with van der Waals surface area (Å²) >= 11 is 2.33. The van der Waals surface area contributed by atoms with Crippen molar-refractivity contribution in [2.24, 2.45) is 5.92 Å². The molecule has 1 aromatic rings. The third kappa shape index (κ3) is 2.74. The van der Waals surface area contributed by atoms with Crippen LogP contribution < -0.4 is 5.32 Å². The van der Waals surface area contributed by atoms with Gasteiger partial charge in [-0.05, 0) is 59.5 Å². The van der Waals surface area contributed by atoms with Gasteiger partial charge in [-0.25, -0.2) is 0 Å². The summed E-state index contributed by atoms with van der Waals surface area (Å²) in [5.41, 5.74) is 1.32. The molecule has 2 atom stereocenters. The lowest BCUT2D eigenvalue weighted by atomic mass is 9.97. The number of carbonyl (C=O) groups is 1. The third-order valence-corrected chi connectivity index (χ3v) is 4.04. The zero-order chi connectivity index (χ0) is 11.5. The van der Waals surface area contributed by atoms with Crippen molar-refractivity contribution < 1.29 is 9.90 Å². The van der Waals surface area contributed by atoms with Gasteiger partial charge in [-0.3, -0.25) is 4.79 Å². The molecule has 0 saturated carbocycles. The van der Waals surface area contributed by atoms with Crippen LogP contribution in [-0.4, -0.2) is 23.7 Å². The molecule has 1 aliphatic rings. The van der Waals surface area contributed by atoms with Gasteiger partial charge >= 0.3 is 5.97 Å². The molecule has 0 radical (unpaired) electrons. The number of rotatable bonds is 3. The molecule has 2 unspecified atom stereocenters. The standard InChI is InChI=1S/C12H14INO2/c13-10-4-2-1-3-9(10)5-8-6-11(12(15)16)14-7-8/h1-4,8,11,14H,5-7H2,(H,15,16). The molecule has 1 saturated heterocycles. The number of benzene rings is 1. The largest absolute Gasteiger partial charge is 0.480 e. The summed E-state index contributed by atoms with van der Waals surface area (Å²) in [6.45, 7) is 0.807. The summed E-state index contributed by atoms with van der Waals surface area (Å²) in [5, 5.41) is 11.9. The molecule has 16 heavy (non-hydrogen) atoms. The second kappa shape index (κ2) is 5.14. The Morgan fingerprint density at radius 2 is 2.25 bits per heavy atom. The maximum Gasteiger partial charge on any atom is 0.320 e. The van der Waals surface area contributed by atoms with Crippen LogP contribution >= 0.6 is 22.6 Å². The van der Waals surface area contributed by atoms with Gasteiger partial charge in [0.2, 0.25) is 0 Å². The molecule has 0 amide bonds. The van der Waals surface area contributed by atoms with Crippen molar-refractivity contribution in [3.8, 4) is 0 Å². The SMILES string of the molecule is O=C(O)C1CC(Cc2ccccc2I)CN1. The summed E-state index contributed by atoms with van der Waals surface area (Å²) in [7, 11) is 0. The van der Waals surface area contributed by atoms with E-state index in [1.807, 2.05) is 12.1 Å². The molecule has 1 heterocycles. The molecular weight excluding hydrogens is 317 g/mol. The number of aliphatic carboxylic acids is 1. The van der Waals surface area contributed by atoms with Gasteiger partial charge < -0.3 is 10.4 Å². The van der Waals surface area contributed by atoms with Crippen LogP contribution in [0.3, 0.4) is 0 Å². The Kier molecular flexibility index (Phi) is 3.81. The van der Waals surface area contributed by atoms with Gasteiger partial charge in [-0.1, -0.05) is 18.2 Å². The summed E-state index contributed by atoms with van der Waals surface area (Å²) in [6, 6.07) is 7.92. The fourth-order valence-electron chi connectivity index (χ4n) is 2.13. The van der Waals surface area contributed by atoms with Gasteiger partial charge in [0, 0.05) is 3.57 Å². The monoisotopic (exact) mass is 331 g/mol. The van der Waals surface area contributed by atoms with Crippen molar-refractivity contribution in [2.45, 2.75) is 18.9 Å². The van der Waals surface area contributed by atoms with Crippen LogP contribution in [0.15, 0.2) is 24.3 Å². The second-order valence-electron chi connectivity index (χ2n) is 4.20. The highest BCUT2D eigenvalue weighted by atomic mass is 127. The van der Waals surface area contributed by atoms with E-state index in [0.29, 0.717) is 5.92 Å². The fourth-order valence-corrected chi connectivity index (χ4v) is 2.74. The van der Waals surface area contributed by atoms with Crippen LogP contribution in [0.5, 0.6) is 0 Å². The van der Waals surface area contributed by atoms with Crippen molar-refractivity contribution in [1.82, 2.24) is 5.32 Å². The van der Waals surface area contributed by atoms with Crippen LogP contribution in [0.4, 0.5) is 0 Å². The lowest BCUT2D eigenvalue weighted by Gasteiger charge is -2.09. The van der Waals surface area contributed by atoms with E-state index in [2.05, 4.69) is 40.0 Å².